The molecule has 3 aromatic heterocycles. The molecule has 0 aliphatic heterocycles. The van der Waals surface area contributed by atoms with Crippen LogP contribution in [0.15, 0.2) is 55.2 Å². The van der Waals surface area contributed by atoms with Crippen LogP contribution in [-0.2, 0) is 15.9 Å². The van der Waals surface area contributed by atoms with E-state index in [-0.39, 0.29) is 36.5 Å². The van der Waals surface area contributed by atoms with Crippen molar-refractivity contribution in [2.24, 2.45) is 5.92 Å². The third kappa shape index (κ3) is 13.7. The lowest BCUT2D eigenvalue weighted by Crippen LogP contribution is -2.42. The molecule has 1 aliphatic carbocycles. The molecule has 1 aliphatic rings. The molecule has 1 fully saturated rings. The second kappa shape index (κ2) is 18.8. The first-order valence-electron chi connectivity index (χ1n) is 18.5. The quantitative estimate of drug-likeness (QED) is 0.134. The molecular weight excluding hydrogens is 749 g/mol. The zero-order valence-electron chi connectivity index (χ0n) is 33.0. The van der Waals surface area contributed by atoms with Gasteiger partial charge < -0.3 is 34.1 Å². The summed E-state index contributed by atoms with van der Waals surface area (Å²) in [6.45, 7) is 15.6. The minimum atomic E-state index is -1.50. The van der Waals surface area contributed by atoms with Crippen LogP contribution in [0.1, 0.15) is 92.7 Å². The highest BCUT2D eigenvalue weighted by Crippen LogP contribution is 2.41. The number of amides is 2. The number of aliphatic hydroxyl groups is 2. The maximum atomic E-state index is 13.7. The number of nitrogens with zero attached hydrogens (tertiary/aromatic N) is 7. The highest BCUT2D eigenvalue weighted by molar-refractivity contribution is 7.92. The molecule has 0 unspecified atom stereocenters. The van der Waals surface area contributed by atoms with Crippen LogP contribution in [0.2, 0.25) is 5.02 Å². The second-order valence-corrected chi connectivity index (χ2v) is 17.2. The van der Waals surface area contributed by atoms with E-state index < -0.39 is 17.0 Å². The van der Waals surface area contributed by atoms with E-state index in [2.05, 4.69) is 19.6 Å². The van der Waals surface area contributed by atoms with Crippen molar-refractivity contribution in [2.45, 2.75) is 111 Å². The van der Waals surface area contributed by atoms with Crippen molar-refractivity contribution in [1.82, 2.24) is 33.5 Å². The zero-order valence-corrected chi connectivity index (χ0v) is 34.6. The van der Waals surface area contributed by atoms with E-state index in [1.54, 1.807) is 16.0 Å². The highest BCUT2D eigenvalue weighted by atomic mass is 35.5. The summed E-state index contributed by atoms with van der Waals surface area (Å²) < 4.78 is 28.6. The van der Waals surface area contributed by atoms with Crippen LogP contribution in [0.5, 0.6) is 0 Å². The van der Waals surface area contributed by atoms with Crippen molar-refractivity contribution in [1.29, 1.82) is 0 Å². The van der Waals surface area contributed by atoms with Crippen LogP contribution in [-0.4, -0.2) is 99.1 Å². The smallest absolute Gasteiger partial charge is 0.410 e. The Balaban J connectivity index is 0.00000126. The van der Waals surface area contributed by atoms with Gasteiger partial charge in [0.25, 0.3) is 0 Å². The third-order valence-corrected chi connectivity index (χ3v) is 9.25. The number of hydrogen-bond donors (Lipinski definition) is 2. The van der Waals surface area contributed by atoms with Gasteiger partial charge in [0.15, 0.2) is 18.1 Å². The Hall–Kier alpha value is -3.92. The van der Waals surface area contributed by atoms with Crippen molar-refractivity contribution in [2.75, 3.05) is 26.2 Å². The summed E-state index contributed by atoms with van der Waals surface area (Å²) in [4.78, 5) is 39.0. The first kappa shape index (κ1) is 43.8. The average Bonchev–Trinajstić information content (AvgIpc) is 3.80. The number of aromatic nitrogens is 5. The predicted octanol–water partition coefficient (Wildman–Crippen LogP) is 8.48. The van der Waals surface area contributed by atoms with Crippen LogP contribution in [0.4, 0.5) is 13.5 Å². The Morgan fingerprint density at radius 3 is 2.18 bits per heavy atom. The zero-order chi connectivity index (χ0) is 40.6. The molecular formula is C39H55ClFN7O6S. The molecule has 0 saturated heterocycles. The van der Waals surface area contributed by atoms with Crippen LogP contribution in [0.25, 0.3) is 22.3 Å². The molecule has 55 heavy (non-hydrogen) atoms. The molecule has 0 bridgehead atoms. The van der Waals surface area contributed by atoms with E-state index in [0.29, 0.717) is 55.3 Å². The van der Waals surface area contributed by atoms with E-state index in [4.69, 9.17) is 31.3 Å². The van der Waals surface area contributed by atoms with Gasteiger partial charge in [-0.15, -0.1) is 3.89 Å². The Morgan fingerprint density at radius 2 is 1.56 bits per heavy atom. The molecule has 4 aromatic rings. The molecule has 5 rings (SSSR count). The number of rotatable bonds is 12. The summed E-state index contributed by atoms with van der Waals surface area (Å²) in [6.07, 6.45) is 9.67. The molecule has 3 heterocycles. The van der Waals surface area contributed by atoms with Gasteiger partial charge in [0.05, 0.1) is 11.2 Å². The minimum Gasteiger partial charge on any atom is -0.444 e. The fourth-order valence-corrected chi connectivity index (χ4v) is 7.02. The van der Waals surface area contributed by atoms with E-state index in [1.807, 2.05) is 78.1 Å². The summed E-state index contributed by atoms with van der Waals surface area (Å²) in [7, 11) is 0. The SMILES string of the molecule is CC(C)(C)OC(=O)N(CCCN(C[C@@H]1CC[C@H](n2cc(-c3c(Cl)cnn3SF)c3cncnc32)C1)C(=O)OC(C)(C)C)CCc1ccccc1.CC(C)(O)O. The van der Waals surface area contributed by atoms with Crippen molar-refractivity contribution in [3.8, 4) is 11.3 Å². The predicted molar refractivity (Wildman–Crippen MR) is 213 cm³/mol. The van der Waals surface area contributed by atoms with Gasteiger partial charge in [0, 0.05) is 55.6 Å². The standard InChI is InChI=1S/C36H47ClFN7O4S.C3H8O2/c1-35(2,3)48-33(46)42(18-15-25-11-8-7-9-12-25)16-10-17-43(34(47)49-36(4,5)6)22-26-13-14-27(19-26)44-23-29(28-20-39-24-40-32(28)44)31-30(37)21-41-45(31)50-38;1-3(2,4)5/h7-9,11-12,20-21,23-24,26-27H,10,13-19,22H2,1-6H3;4-5H,1-2H3/t26-,27+;/m1./s1. The molecule has 2 amide bonds. The van der Waals surface area contributed by atoms with Gasteiger partial charge in [-0.1, -0.05) is 41.9 Å². The van der Waals surface area contributed by atoms with E-state index >= 15 is 0 Å². The molecule has 16 heteroatoms. The van der Waals surface area contributed by atoms with Crippen molar-refractivity contribution in [3.05, 3.63) is 65.8 Å². The Kier molecular flexibility index (Phi) is 15.0. The lowest BCUT2D eigenvalue weighted by Gasteiger charge is -2.31. The number of halogens is 2. The van der Waals surface area contributed by atoms with E-state index in [1.165, 1.54) is 26.4 Å². The van der Waals surface area contributed by atoms with Crippen LogP contribution < -0.4 is 0 Å². The number of benzene rings is 1. The Morgan fingerprint density at radius 1 is 0.945 bits per heavy atom. The molecule has 302 valence electrons. The summed E-state index contributed by atoms with van der Waals surface area (Å²) >= 11 is 6.43. The van der Waals surface area contributed by atoms with Crippen LogP contribution >= 0.6 is 23.9 Å². The molecule has 1 saturated carbocycles. The highest BCUT2D eigenvalue weighted by Gasteiger charge is 2.33. The molecule has 13 nitrogen and oxygen atoms in total. The molecule has 2 atom stereocenters. The summed E-state index contributed by atoms with van der Waals surface area (Å²) in [6, 6.07) is 10.1. The van der Waals surface area contributed by atoms with Gasteiger partial charge in [-0.3, -0.25) is 0 Å². The lowest BCUT2D eigenvalue weighted by molar-refractivity contribution is -0.127. The fraction of sp³-hybridized carbons (Fsp3) is 0.564. The Labute approximate surface area is 332 Å². The topological polar surface area (TPSA) is 148 Å². The van der Waals surface area contributed by atoms with Gasteiger partial charge in [0.1, 0.15) is 28.9 Å². The van der Waals surface area contributed by atoms with Gasteiger partial charge >= 0.3 is 12.2 Å². The van der Waals surface area contributed by atoms with Crippen molar-refractivity contribution < 1.29 is 33.2 Å². The number of carbonyl (C=O) groups is 2. The molecule has 0 radical (unpaired) electrons. The minimum absolute atomic E-state index is 0.0188. The van der Waals surface area contributed by atoms with Gasteiger partial charge in [-0.05, 0) is 99.0 Å². The van der Waals surface area contributed by atoms with Gasteiger partial charge in [-0.2, -0.15) is 9.19 Å². The normalized spacial score (nSPS) is 16.1. The van der Waals surface area contributed by atoms with Gasteiger partial charge in [-0.25, -0.2) is 19.6 Å². The van der Waals surface area contributed by atoms with E-state index in [0.717, 1.165) is 39.9 Å². The largest absolute Gasteiger partial charge is 0.444 e. The maximum Gasteiger partial charge on any atom is 0.410 e. The van der Waals surface area contributed by atoms with Crippen LogP contribution in [0, 0.1) is 5.92 Å². The monoisotopic (exact) mass is 803 g/mol. The molecule has 1 aromatic carbocycles. The molecule has 2 N–H and O–H groups in total. The first-order valence-corrected chi connectivity index (χ1v) is 19.6. The third-order valence-electron chi connectivity index (χ3n) is 8.57. The number of hydrogen-bond acceptors (Lipinski definition) is 10. The fourth-order valence-electron chi connectivity index (χ4n) is 6.40. The summed E-state index contributed by atoms with van der Waals surface area (Å²) in [5.41, 5.74) is 1.74. The maximum absolute atomic E-state index is 13.7. The van der Waals surface area contributed by atoms with Crippen LogP contribution in [0.3, 0.4) is 0 Å². The van der Waals surface area contributed by atoms with E-state index in [9.17, 15) is 13.5 Å². The number of fused-ring (bicyclic) bond motifs is 1. The van der Waals surface area contributed by atoms with Crippen molar-refractivity contribution in [3.63, 3.8) is 0 Å². The first-order chi connectivity index (χ1) is 25.7. The molecule has 0 spiro atoms. The van der Waals surface area contributed by atoms with Gasteiger partial charge in [0.2, 0.25) is 0 Å². The Bertz CT molecular complexity index is 1850. The summed E-state index contributed by atoms with van der Waals surface area (Å²) in [5, 5.41) is 21.3. The lowest BCUT2D eigenvalue weighted by atomic mass is 10.1. The van der Waals surface area contributed by atoms with Crippen molar-refractivity contribution >= 4 is 47.2 Å². The average molecular weight is 804 g/mol. The number of ether oxygens (including phenoxy) is 2. The summed E-state index contributed by atoms with van der Waals surface area (Å²) in [5.74, 6) is -1.30. The number of carbonyl (C=O) groups excluding carboxylic acids is 2. The second-order valence-electron chi connectivity index (χ2n) is 16.3.